The molecule has 0 aromatic heterocycles. The lowest BCUT2D eigenvalue weighted by Crippen LogP contribution is -2.14. The fourth-order valence-corrected chi connectivity index (χ4v) is 1.09. The van der Waals surface area contributed by atoms with E-state index in [9.17, 15) is 4.79 Å². The largest absolute Gasteiger partial charge is 0.448 e. The third-order valence-electron chi connectivity index (χ3n) is 1.57. The zero-order valence-corrected chi connectivity index (χ0v) is 8.67. The van der Waals surface area contributed by atoms with Gasteiger partial charge >= 0.3 is 6.09 Å². The third-order valence-corrected chi connectivity index (χ3v) is 1.73. The van der Waals surface area contributed by atoms with Crippen molar-refractivity contribution in [2.45, 2.75) is 6.92 Å². The van der Waals surface area contributed by atoms with E-state index in [1.165, 1.54) is 0 Å². The molecule has 0 radical (unpaired) electrons. The molecule has 0 saturated carbocycles. The molecule has 0 heterocycles. The summed E-state index contributed by atoms with van der Waals surface area (Å²) in [6.07, 6.45) is -0.476. The first kappa shape index (κ1) is 10.9. The first-order valence-corrected chi connectivity index (χ1v) is 4.82. The number of nitrogens with one attached hydrogen (secondary N) is 1. The van der Waals surface area contributed by atoms with Crippen LogP contribution < -0.4 is 5.32 Å². The Morgan fingerprint density at radius 3 is 3.00 bits per heavy atom. The fourth-order valence-electron chi connectivity index (χ4n) is 1.01. The SMILES string of the molecule is Cc1cccc(NC(=O)OCCCl)c1. The van der Waals surface area contributed by atoms with E-state index < -0.39 is 6.09 Å². The maximum absolute atomic E-state index is 11.1. The van der Waals surface area contributed by atoms with Crippen LogP contribution in [0.1, 0.15) is 5.56 Å². The lowest BCUT2D eigenvalue weighted by atomic mass is 10.2. The van der Waals surface area contributed by atoms with Crippen molar-refractivity contribution in [1.29, 1.82) is 0 Å². The summed E-state index contributed by atoms with van der Waals surface area (Å²) < 4.78 is 4.75. The lowest BCUT2D eigenvalue weighted by molar-refractivity contribution is 0.168. The van der Waals surface area contributed by atoms with Gasteiger partial charge in [-0.2, -0.15) is 0 Å². The summed E-state index contributed by atoms with van der Waals surface area (Å²) in [5, 5.41) is 2.60. The summed E-state index contributed by atoms with van der Waals surface area (Å²) >= 11 is 5.37. The van der Waals surface area contributed by atoms with E-state index in [2.05, 4.69) is 5.32 Å². The summed E-state index contributed by atoms with van der Waals surface area (Å²) in [6, 6.07) is 7.48. The van der Waals surface area contributed by atoms with Crippen molar-refractivity contribution >= 4 is 23.4 Å². The molecule has 4 heteroatoms. The molecule has 1 rings (SSSR count). The van der Waals surface area contributed by atoms with Crippen molar-refractivity contribution < 1.29 is 9.53 Å². The van der Waals surface area contributed by atoms with E-state index in [1.807, 2.05) is 25.1 Å². The molecular weight excluding hydrogens is 202 g/mol. The zero-order valence-electron chi connectivity index (χ0n) is 7.92. The van der Waals surface area contributed by atoms with Crippen LogP contribution in [0.2, 0.25) is 0 Å². The van der Waals surface area contributed by atoms with Gasteiger partial charge < -0.3 is 4.74 Å². The number of benzene rings is 1. The Kier molecular flexibility index (Phi) is 4.26. The molecule has 0 unspecified atom stereocenters. The van der Waals surface area contributed by atoms with Gasteiger partial charge in [-0.15, -0.1) is 11.6 Å². The quantitative estimate of drug-likeness (QED) is 0.785. The van der Waals surface area contributed by atoms with Gasteiger partial charge in [0.2, 0.25) is 0 Å². The number of amides is 1. The molecule has 1 aromatic carbocycles. The topological polar surface area (TPSA) is 38.3 Å². The minimum Gasteiger partial charge on any atom is -0.448 e. The van der Waals surface area contributed by atoms with Crippen LogP contribution in [0.3, 0.4) is 0 Å². The number of hydrogen-bond donors (Lipinski definition) is 1. The van der Waals surface area contributed by atoms with Gasteiger partial charge in [-0.25, -0.2) is 4.79 Å². The maximum atomic E-state index is 11.1. The number of aryl methyl sites for hydroxylation is 1. The van der Waals surface area contributed by atoms with Crippen LogP contribution in [-0.2, 0) is 4.74 Å². The lowest BCUT2D eigenvalue weighted by Gasteiger charge is -2.05. The highest BCUT2D eigenvalue weighted by Gasteiger charge is 2.01. The number of carbonyl (C=O) groups is 1. The number of halogens is 1. The highest BCUT2D eigenvalue weighted by molar-refractivity contribution is 6.18. The first-order chi connectivity index (χ1) is 6.72. The molecule has 0 bridgehead atoms. The Morgan fingerprint density at radius 2 is 2.36 bits per heavy atom. The van der Waals surface area contributed by atoms with Crippen LogP contribution in [0, 0.1) is 6.92 Å². The van der Waals surface area contributed by atoms with Crippen molar-refractivity contribution in [1.82, 2.24) is 0 Å². The van der Waals surface area contributed by atoms with Crippen LogP contribution in [0.4, 0.5) is 10.5 Å². The minimum atomic E-state index is -0.476. The predicted octanol–water partition coefficient (Wildman–Crippen LogP) is 2.78. The van der Waals surface area contributed by atoms with E-state index in [0.29, 0.717) is 5.88 Å². The first-order valence-electron chi connectivity index (χ1n) is 4.29. The van der Waals surface area contributed by atoms with Crippen molar-refractivity contribution in [2.75, 3.05) is 17.8 Å². The Morgan fingerprint density at radius 1 is 1.57 bits per heavy atom. The molecule has 1 aromatic rings. The molecule has 0 spiro atoms. The molecule has 0 aliphatic heterocycles. The molecule has 0 fully saturated rings. The molecule has 0 aliphatic rings. The summed E-state index contributed by atoms with van der Waals surface area (Å²) in [4.78, 5) is 11.1. The van der Waals surface area contributed by atoms with Crippen LogP contribution in [-0.4, -0.2) is 18.6 Å². The summed E-state index contributed by atoms with van der Waals surface area (Å²) in [6.45, 7) is 2.18. The number of anilines is 1. The molecule has 14 heavy (non-hydrogen) atoms. The Balaban J connectivity index is 2.47. The Hall–Kier alpha value is -1.22. The molecule has 1 amide bonds. The van der Waals surface area contributed by atoms with Crippen molar-refractivity contribution in [3.05, 3.63) is 29.8 Å². The third kappa shape index (κ3) is 3.66. The van der Waals surface area contributed by atoms with E-state index >= 15 is 0 Å². The van der Waals surface area contributed by atoms with Gasteiger partial charge in [-0.05, 0) is 24.6 Å². The van der Waals surface area contributed by atoms with Gasteiger partial charge in [0.05, 0.1) is 5.88 Å². The van der Waals surface area contributed by atoms with Crippen LogP contribution >= 0.6 is 11.6 Å². The van der Waals surface area contributed by atoms with E-state index in [0.717, 1.165) is 11.3 Å². The molecule has 76 valence electrons. The number of hydrogen-bond acceptors (Lipinski definition) is 2. The fraction of sp³-hybridized carbons (Fsp3) is 0.300. The summed E-state index contributed by atoms with van der Waals surface area (Å²) in [7, 11) is 0. The Bertz CT molecular complexity index is 315. The highest BCUT2D eigenvalue weighted by Crippen LogP contribution is 2.09. The number of ether oxygens (including phenoxy) is 1. The van der Waals surface area contributed by atoms with Crippen LogP contribution in [0.5, 0.6) is 0 Å². The second-order valence-corrected chi connectivity index (χ2v) is 3.20. The van der Waals surface area contributed by atoms with Crippen LogP contribution in [0.15, 0.2) is 24.3 Å². The molecule has 3 nitrogen and oxygen atoms in total. The summed E-state index contributed by atoms with van der Waals surface area (Å²) in [5.41, 5.74) is 1.81. The van der Waals surface area contributed by atoms with Gasteiger partial charge in [0.1, 0.15) is 6.61 Å². The monoisotopic (exact) mass is 213 g/mol. The zero-order chi connectivity index (χ0) is 10.4. The minimum absolute atomic E-state index is 0.221. The Labute approximate surface area is 88.0 Å². The smallest absolute Gasteiger partial charge is 0.411 e. The predicted molar refractivity (Wildman–Crippen MR) is 56.9 cm³/mol. The normalized spacial score (nSPS) is 9.57. The van der Waals surface area contributed by atoms with Crippen LogP contribution in [0.25, 0.3) is 0 Å². The van der Waals surface area contributed by atoms with Gasteiger partial charge in [0, 0.05) is 5.69 Å². The van der Waals surface area contributed by atoms with Gasteiger partial charge in [-0.1, -0.05) is 12.1 Å². The van der Waals surface area contributed by atoms with E-state index in [4.69, 9.17) is 16.3 Å². The average Bonchev–Trinajstić information content (AvgIpc) is 2.15. The second kappa shape index (κ2) is 5.50. The standard InChI is InChI=1S/C10H12ClNO2/c1-8-3-2-4-9(7-8)12-10(13)14-6-5-11/h2-4,7H,5-6H2,1H3,(H,12,13). The highest BCUT2D eigenvalue weighted by atomic mass is 35.5. The van der Waals surface area contributed by atoms with Crippen molar-refractivity contribution in [3.63, 3.8) is 0 Å². The van der Waals surface area contributed by atoms with Crippen molar-refractivity contribution in [2.24, 2.45) is 0 Å². The summed E-state index contributed by atoms with van der Waals surface area (Å²) in [5.74, 6) is 0.307. The average molecular weight is 214 g/mol. The number of alkyl halides is 1. The molecule has 1 N–H and O–H groups in total. The van der Waals surface area contributed by atoms with Gasteiger partial charge in [0.25, 0.3) is 0 Å². The maximum Gasteiger partial charge on any atom is 0.411 e. The molecule has 0 atom stereocenters. The van der Waals surface area contributed by atoms with Gasteiger partial charge in [0.15, 0.2) is 0 Å². The number of carbonyl (C=O) groups excluding carboxylic acids is 1. The van der Waals surface area contributed by atoms with E-state index in [1.54, 1.807) is 6.07 Å². The molecular formula is C10H12ClNO2. The van der Waals surface area contributed by atoms with E-state index in [-0.39, 0.29) is 6.61 Å². The molecule has 0 saturated heterocycles. The van der Waals surface area contributed by atoms with Gasteiger partial charge in [-0.3, -0.25) is 5.32 Å². The van der Waals surface area contributed by atoms with Crippen molar-refractivity contribution in [3.8, 4) is 0 Å². The number of rotatable bonds is 3. The second-order valence-electron chi connectivity index (χ2n) is 2.82. The molecule has 0 aliphatic carbocycles.